The number of carbonyl (C=O) groups is 2. The molecule has 1 aliphatic heterocycles. The molecule has 0 fully saturated rings. The van der Waals surface area contributed by atoms with Gasteiger partial charge in [0.25, 0.3) is 5.69 Å². The minimum Gasteiger partial charge on any atom is -0.463 e. The number of allylic oxidation sites excluding steroid dienone is 3. The summed E-state index contributed by atoms with van der Waals surface area (Å²) < 4.78 is 5.27. The lowest BCUT2D eigenvalue weighted by molar-refractivity contribution is -0.385. The SMILES string of the molecule is CCOC(=O)C1=C(C)NC2=C(C(=O)C[C@@H](c3ccccc3)C2)[C@H]1c1ccccc1[N+](=O)[O-]. The van der Waals surface area contributed by atoms with Gasteiger partial charge in [-0.1, -0.05) is 48.5 Å². The van der Waals surface area contributed by atoms with Crippen molar-refractivity contribution >= 4 is 17.4 Å². The van der Waals surface area contributed by atoms with E-state index in [1.807, 2.05) is 30.3 Å². The van der Waals surface area contributed by atoms with Crippen LogP contribution in [0.3, 0.4) is 0 Å². The Hall–Kier alpha value is -3.74. The van der Waals surface area contributed by atoms with Gasteiger partial charge in [0.2, 0.25) is 0 Å². The van der Waals surface area contributed by atoms with Gasteiger partial charge in [-0.05, 0) is 31.7 Å². The van der Waals surface area contributed by atoms with Gasteiger partial charge in [0.05, 0.1) is 23.0 Å². The fourth-order valence-corrected chi connectivity index (χ4v) is 4.69. The molecule has 1 heterocycles. The number of dihydropyridines is 1. The highest BCUT2D eigenvalue weighted by Gasteiger charge is 2.43. The lowest BCUT2D eigenvalue weighted by atomic mass is 9.71. The Bertz CT molecular complexity index is 1150. The first-order chi connectivity index (χ1) is 15.4. The molecule has 2 atom stereocenters. The number of hydrogen-bond donors (Lipinski definition) is 1. The van der Waals surface area contributed by atoms with E-state index in [1.165, 1.54) is 6.07 Å². The molecule has 4 rings (SSSR count). The molecule has 7 nitrogen and oxygen atoms in total. The van der Waals surface area contributed by atoms with Crippen molar-refractivity contribution in [3.63, 3.8) is 0 Å². The average molecular weight is 432 g/mol. The van der Waals surface area contributed by atoms with Crippen LogP contribution in [0.2, 0.25) is 0 Å². The number of rotatable bonds is 5. The van der Waals surface area contributed by atoms with E-state index < -0.39 is 16.8 Å². The monoisotopic (exact) mass is 432 g/mol. The van der Waals surface area contributed by atoms with Crippen LogP contribution in [0.4, 0.5) is 5.69 Å². The zero-order valence-electron chi connectivity index (χ0n) is 18.0. The second kappa shape index (κ2) is 8.78. The number of ether oxygens (including phenoxy) is 1. The van der Waals surface area contributed by atoms with E-state index in [0.29, 0.717) is 29.0 Å². The van der Waals surface area contributed by atoms with Crippen molar-refractivity contribution in [2.45, 2.75) is 38.5 Å². The van der Waals surface area contributed by atoms with Gasteiger partial charge in [0, 0.05) is 35.0 Å². The molecule has 0 spiro atoms. The highest BCUT2D eigenvalue weighted by Crippen LogP contribution is 2.47. The number of hydrogen-bond acceptors (Lipinski definition) is 6. The van der Waals surface area contributed by atoms with Crippen LogP contribution in [0.25, 0.3) is 0 Å². The van der Waals surface area contributed by atoms with Gasteiger partial charge in [0.15, 0.2) is 5.78 Å². The Morgan fingerprint density at radius 1 is 1.12 bits per heavy atom. The number of ketones is 1. The molecule has 1 N–H and O–H groups in total. The first kappa shape index (κ1) is 21.5. The lowest BCUT2D eigenvalue weighted by Gasteiger charge is -2.36. The molecule has 0 radical (unpaired) electrons. The van der Waals surface area contributed by atoms with E-state index in [2.05, 4.69) is 5.32 Å². The minimum atomic E-state index is -0.851. The molecule has 1 aliphatic carbocycles. The van der Waals surface area contributed by atoms with Crippen LogP contribution in [0.15, 0.2) is 77.1 Å². The molecule has 0 saturated carbocycles. The largest absolute Gasteiger partial charge is 0.463 e. The van der Waals surface area contributed by atoms with Gasteiger partial charge in [-0.15, -0.1) is 0 Å². The Kier molecular flexibility index (Phi) is 5.90. The summed E-state index contributed by atoms with van der Waals surface area (Å²) in [5.74, 6) is -1.55. The van der Waals surface area contributed by atoms with E-state index in [1.54, 1.807) is 32.0 Å². The predicted molar refractivity (Wildman–Crippen MR) is 119 cm³/mol. The molecular weight excluding hydrogens is 408 g/mol. The first-order valence-electron chi connectivity index (χ1n) is 10.6. The quantitative estimate of drug-likeness (QED) is 0.424. The van der Waals surface area contributed by atoms with E-state index in [-0.39, 0.29) is 36.0 Å². The van der Waals surface area contributed by atoms with Gasteiger partial charge in [0.1, 0.15) is 0 Å². The summed E-state index contributed by atoms with van der Waals surface area (Å²) in [5.41, 5.74) is 3.18. The molecule has 7 heteroatoms. The van der Waals surface area contributed by atoms with Crippen LogP contribution in [0, 0.1) is 10.1 Å². The van der Waals surface area contributed by atoms with Crippen molar-refractivity contribution in [1.82, 2.24) is 5.32 Å². The molecule has 0 amide bonds. The molecule has 32 heavy (non-hydrogen) atoms. The maximum Gasteiger partial charge on any atom is 0.336 e. The van der Waals surface area contributed by atoms with E-state index in [4.69, 9.17) is 4.74 Å². The molecule has 0 saturated heterocycles. The van der Waals surface area contributed by atoms with Crippen LogP contribution in [0.1, 0.15) is 49.7 Å². The minimum absolute atomic E-state index is 0.00157. The molecule has 0 unspecified atom stereocenters. The molecular formula is C25H24N2O5. The third-order valence-electron chi connectivity index (χ3n) is 6.04. The normalized spacial score (nSPS) is 20.5. The smallest absolute Gasteiger partial charge is 0.336 e. The van der Waals surface area contributed by atoms with Gasteiger partial charge < -0.3 is 10.1 Å². The number of nitrogens with one attached hydrogen (secondary N) is 1. The Morgan fingerprint density at radius 2 is 1.81 bits per heavy atom. The number of carbonyl (C=O) groups excluding carboxylic acids is 2. The maximum atomic E-state index is 13.5. The predicted octanol–water partition coefficient (Wildman–Crippen LogP) is 4.52. The van der Waals surface area contributed by atoms with Crippen LogP contribution >= 0.6 is 0 Å². The zero-order chi connectivity index (χ0) is 22.8. The van der Waals surface area contributed by atoms with E-state index in [0.717, 1.165) is 5.56 Å². The topological polar surface area (TPSA) is 98.5 Å². The van der Waals surface area contributed by atoms with E-state index in [9.17, 15) is 19.7 Å². The Balaban J connectivity index is 1.87. The van der Waals surface area contributed by atoms with Crippen molar-refractivity contribution in [1.29, 1.82) is 0 Å². The Labute approximate surface area is 185 Å². The number of nitro benzene ring substituents is 1. The average Bonchev–Trinajstić information content (AvgIpc) is 2.78. The number of nitrogens with zero attached hydrogens (tertiary/aromatic N) is 1. The fourth-order valence-electron chi connectivity index (χ4n) is 4.69. The van der Waals surface area contributed by atoms with Gasteiger partial charge in [-0.2, -0.15) is 0 Å². The summed E-state index contributed by atoms with van der Waals surface area (Å²) in [5, 5.41) is 15.0. The van der Waals surface area contributed by atoms with Gasteiger partial charge in [-0.25, -0.2) is 4.79 Å². The van der Waals surface area contributed by atoms with Gasteiger partial charge in [-0.3, -0.25) is 14.9 Å². The molecule has 0 aromatic heterocycles. The summed E-state index contributed by atoms with van der Waals surface area (Å²) in [6, 6.07) is 16.1. The number of esters is 1. The molecule has 2 aliphatic rings. The van der Waals surface area contributed by atoms with Crippen LogP contribution in [-0.2, 0) is 14.3 Å². The summed E-state index contributed by atoms with van der Waals surface area (Å²) in [6.07, 6.45) is 0.854. The van der Waals surface area contributed by atoms with E-state index >= 15 is 0 Å². The fraction of sp³-hybridized carbons (Fsp3) is 0.280. The summed E-state index contributed by atoms with van der Waals surface area (Å²) >= 11 is 0. The zero-order valence-corrected chi connectivity index (χ0v) is 18.0. The number of benzene rings is 2. The molecule has 2 aromatic rings. The second-order valence-electron chi connectivity index (χ2n) is 7.96. The number of nitro groups is 1. The summed E-state index contributed by atoms with van der Waals surface area (Å²) in [6.45, 7) is 3.61. The first-order valence-corrected chi connectivity index (χ1v) is 10.6. The number of Topliss-reactive ketones (excluding diaryl/α,β-unsaturated/α-hetero) is 1. The number of para-hydroxylation sites is 1. The second-order valence-corrected chi connectivity index (χ2v) is 7.96. The molecule has 0 bridgehead atoms. The standard InChI is InChI=1S/C25H24N2O5/c1-3-32-25(29)22-15(2)26-19-13-17(16-9-5-4-6-10-16)14-21(28)24(19)23(22)18-11-7-8-12-20(18)27(30)31/h4-12,17,23,26H,3,13-14H2,1-2H3/t17-,23-/m0/s1. The van der Waals surface area contributed by atoms with Crippen LogP contribution in [0.5, 0.6) is 0 Å². The third-order valence-corrected chi connectivity index (χ3v) is 6.04. The summed E-state index contributed by atoms with van der Waals surface area (Å²) in [4.78, 5) is 37.7. The van der Waals surface area contributed by atoms with Crippen molar-refractivity contribution in [2.75, 3.05) is 6.61 Å². The maximum absolute atomic E-state index is 13.5. The van der Waals surface area contributed by atoms with Crippen LogP contribution in [-0.4, -0.2) is 23.3 Å². The Morgan fingerprint density at radius 3 is 2.50 bits per heavy atom. The van der Waals surface area contributed by atoms with Crippen molar-refractivity contribution in [3.05, 3.63) is 98.4 Å². The van der Waals surface area contributed by atoms with Gasteiger partial charge >= 0.3 is 5.97 Å². The highest BCUT2D eigenvalue weighted by molar-refractivity contribution is 6.04. The van der Waals surface area contributed by atoms with Crippen molar-refractivity contribution in [2.24, 2.45) is 0 Å². The summed E-state index contributed by atoms with van der Waals surface area (Å²) in [7, 11) is 0. The molecule has 164 valence electrons. The lowest BCUT2D eigenvalue weighted by Crippen LogP contribution is -2.36. The highest BCUT2D eigenvalue weighted by atomic mass is 16.6. The third kappa shape index (κ3) is 3.82. The molecule has 2 aromatic carbocycles. The van der Waals surface area contributed by atoms with Crippen LogP contribution < -0.4 is 5.32 Å². The van der Waals surface area contributed by atoms with Crippen molar-refractivity contribution < 1.29 is 19.2 Å². The van der Waals surface area contributed by atoms with Crippen molar-refractivity contribution in [3.8, 4) is 0 Å².